The van der Waals surface area contributed by atoms with Crippen molar-refractivity contribution in [2.75, 3.05) is 11.6 Å². The van der Waals surface area contributed by atoms with Crippen molar-refractivity contribution in [1.29, 1.82) is 0 Å². The summed E-state index contributed by atoms with van der Waals surface area (Å²) in [6.07, 6.45) is 2.07. The van der Waals surface area contributed by atoms with Gasteiger partial charge in [-0.2, -0.15) is 0 Å². The maximum absolute atomic E-state index is 5.37. The Labute approximate surface area is 128 Å². The molecule has 106 valence electrons. The molecule has 1 aromatic heterocycles. The summed E-state index contributed by atoms with van der Waals surface area (Å²) < 4.78 is 5.37. The Morgan fingerprint density at radius 2 is 1.81 bits per heavy atom. The SMILES string of the molecule is CSc1ccc(NCc2cc(-c3ccccc3)no2)cc1. The van der Waals surface area contributed by atoms with Gasteiger partial charge in [-0.15, -0.1) is 11.8 Å². The number of hydrogen-bond donors (Lipinski definition) is 1. The van der Waals surface area contributed by atoms with Crippen LogP contribution in [0.4, 0.5) is 5.69 Å². The van der Waals surface area contributed by atoms with Crippen molar-refractivity contribution in [1.82, 2.24) is 5.16 Å². The van der Waals surface area contributed by atoms with Crippen LogP contribution in [0.15, 0.2) is 70.1 Å². The van der Waals surface area contributed by atoms with Gasteiger partial charge in [-0.1, -0.05) is 35.5 Å². The lowest BCUT2D eigenvalue weighted by atomic mass is 10.1. The van der Waals surface area contributed by atoms with Crippen LogP contribution in [0, 0.1) is 0 Å². The van der Waals surface area contributed by atoms with Gasteiger partial charge in [-0.05, 0) is 30.5 Å². The fraction of sp³-hybridized carbons (Fsp3) is 0.118. The Hall–Kier alpha value is -2.20. The Morgan fingerprint density at radius 3 is 2.52 bits per heavy atom. The molecular weight excluding hydrogens is 280 g/mol. The van der Waals surface area contributed by atoms with E-state index in [1.54, 1.807) is 11.8 Å². The Morgan fingerprint density at radius 1 is 1.05 bits per heavy atom. The van der Waals surface area contributed by atoms with Gasteiger partial charge in [0.2, 0.25) is 0 Å². The van der Waals surface area contributed by atoms with Crippen LogP contribution < -0.4 is 5.32 Å². The van der Waals surface area contributed by atoms with E-state index in [2.05, 4.69) is 41.0 Å². The van der Waals surface area contributed by atoms with E-state index in [-0.39, 0.29) is 0 Å². The van der Waals surface area contributed by atoms with Gasteiger partial charge < -0.3 is 9.84 Å². The average Bonchev–Trinajstić information content (AvgIpc) is 3.03. The normalized spacial score (nSPS) is 10.5. The van der Waals surface area contributed by atoms with Crippen LogP contribution in [0.1, 0.15) is 5.76 Å². The zero-order valence-corrected chi connectivity index (χ0v) is 12.6. The van der Waals surface area contributed by atoms with Gasteiger partial charge in [0.1, 0.15) is 5.69 Å². The molecule has 0 spiro atoms. The number of benzene rings is 2. The minimum absolute atomic E-state index is 0.623. The third-order valence-electron chi connectivity index (χ3n) is 3.19. The number of thioether (sulfide) groups is 1. The number of rotatable bonds is 5. The molecule has 0 amide bonds. The lowest BCUT2D eigenvalue weighted by Gasteiger charge is -2.04. The fourth-order valence-electron chi connectivity index (χ4n) is 2.04. The highest BCUT2D eigenvalue weighted by atomic mass is 32.2. The topological polar surface area (TPSA) is 38.1 Å². The second-order valence-corrected chi connectivity index (χ2v) is 5.51. The van der Waals surface area contributed by atoms with E-state index in [1.165, 1.54) is 4.90 Å². The second-order valence-electron chi connectivity index (χ2n) is 4.63. The first kappa shape index (κ1) is 13.8. The van der Waals surface area contributed by atoms with E-state index in [9.17, 15) is 0 Å². The molecule has 0 saturated heterocycles. The summed E-state index contributed by atoms with van der Waals surface area (Å²) in [5, 5.41) is 7.44. The van der Waals surface area contributed by atoms with Crippen LogP contribution in [-0.2, 0) is 6.54 Å². The van der Waals surface area contributed by atoms with Crippen LogP contribution in [0.25, 0.3) is 11.3 Å². The number of aromatic nitrogens is 1. The summed E-state index contributed by atoms with van der Waals surface area (Å²) in [6.45, 7) is 0.623. The molecule has 0 aliphatic heterocycles. The first-order chi connectivity index (χ1) is 10.3. The molecule has 0 radical (unpaired) electrons. The third-order valence-corrected chi connectivity index (χ3v) is 3.93. The fourth-order valence-corrected chi connectivity index (χ4v) is 2.45. The summed E-state index contributed by atoms with van der Waals surface area (Å²) in [5.41, 5.74) is 3.01. The van der Waals surface area contributed by atoms with E-state index in [0.717, 1.165) is 22.7 Å². The molecule has 21 heavy (non-hydrogen) atoms. The van der Waals surface area contributed by atoms with Crippen molar-refractivity contribution in [3.05, 3.63) is 66.4 Å². The second kappa shape index (κ2) is 6.50. The first-order valence-corrected chi connectivity index (χ1v) is 7.96. The standard InChI is InChI=1S/C17H16N2OS/c1-21-16-9-7-14(8-10-16)18-12-15-11-17(19-20-15)13-5-3-2-4-6-13/h2-11,18H,12H2,1H3. The minimum Gasteiger partial charge on any atom is -0.378 e. The van der Waals surface area contributed by atoms with Crippen molar-refractivity contribution < 1.29 is 4.52 Å². The van der Waals surface area contributed by atoms with E-state index < -0.39 is 0 Å². The van der Waals surface area contributed by atoms with E-state index in [4.69, 9.17) is 4.52 Å². The van der Waals surface area contributed by atoms with Crippen molar-refractivity contribution in [2.24, 2.45) is 0 Å². The Balaban J connectivity index is 1.64. The van der Waals surface area contributed by atoms with Crippen LogP contribution in [0.2, 0.25) is 0 Å². The molecule has 0 unspecified atom stereocenters. The van der Waals surface area contributed by atoms with Gasteiger partial charge >= 0.3 is 0 Å². The number of nitrogens with zero attached hydrogens (tertiary/aromatic N) is 1. The molecule has 0 fully saturated rings. The van der Waals surface area contributed by atoms with E-state index in [1.807, 2.05) is 36.4 Å². The molecule has 1 N–H and O–H groups in total. The minimum atomic E-state index is 0.623. The highest BCUT2D eigenvalue weighted by Crippen LogP contribution is 2.20. The van der Waals surface area contributed by atoms with Gasteiger partial charge in [-0.25, -0.2) is 0 Å². The van der Waals surface area contributed by atoms with Crippen LogP contribution >= 0.6 is 11.8 Å². The molecule has 3 aromatic rings. The average molecular weight is 296 g/mol. The quantitative estimate of drug-likeness (QED) is 0.694. The lowest BCUT2D eigenvalue weighted by Crippen LogP contribution is -1.97. The molecular formula is C17H16N2OS. The monoisotopic (exact) mass is 296 g/mol. The molecule has 3 nitrogen and oxygen atoms in total. The molecule has 2 aromatic carbocycles. The van der Waals surface area contributed by atoms with Gasteiger partial charge in [-0.3, -0.25) is 0 Å². The molecule has 0 aliphatic carbocycles. The predicted octanol–water partition coefficient (Wildman–Crippen LogP) is 4.68. The number of hydrogen-bond acceptors (Lipinski definition) is 4. The van der Waals surface area contributed by atoms with Crippen LogP contribution in [0.3, 0.4) is 0 Å². The molecule has 0 bridgehead atoms. The van der Waals surface area contributed by atoms with E-state index >= 15 is 0 Å². The van der Waals surface area contributed by atoms with Crippen molar-refractivity contribution in [3.8, 4) is 11.3 Å². The summed E-state index contributed by atoms with van der Waals surface area (Å²) in [5.74, 6) is 0.822. The molecule has 4 heteroatoms. The summed E-state index contributed by atoms with van der Waals surface area (Å²) in [4.78, 5) is 1.26. The smallest absolute Gasteiger partial charge is 0.156 e. The summed E-state index contributed by atoms with van der Waals surface area (Å²) in [7, 11) is 0. The van der Waals surface area contributed by atoms with Crippen LogP contribution in [-0.4, -0.2) is 11.4 Å². The maximum Gasteiger partial charge on any atom is 0.156 e. The zero-order chi connectivity index (χ0) is 14.5. The predicted molar refractivity (Wildman–Crippen MR) is 87.5 cm³/mol. The summed E-state index contributed by atoms with van der Waals surface area (Å²) in [6, 6.07) is 20.3. The van der Waals surface area contributed by atoms with Gasteiger partial charge in [0.25, 0.3) is 0 Å². The number of nitrogens with one attached hydrogen (secondary N) is 1. The Kier molecular flexibility index (Phi) is 4.26. The maximum atomic E-state index is 5.37. The van der Waals surface area contributed by atoms with Gasteiger partial charge in [0.05, 0.1) is 6.54 Å². The highest BCUT2D eigenvalue weighted by Gasteiger charge is 2.05. The molecule has 0 atom stereocenters. The lowest BCUT2D eigenvalue weighted by molar-refractivity contribution is 0.390. The van der Waals surface area contributed by atoms with Crippen molar-refractivity contribution in [3.63, 3.8) is 0 Å². The van der Waals surface area contributed by atoms with E-state index in [0.29, 0.717) is 6.54 Å². The zero-order valence-electron chi connectivity index (χ0n) is 11.7. The van der Waals surface area contributed by atoms with Gasteiger partial charge in [0.15, 0.2) is 5.76 Å². The molecule has 1 heterocycles. The highest BCUT2D eigenvalue weighted by molar-refractivity contribution is 7.98. The molecule has 0 aliphatic rings. The Bertz CT molecular complexity index is 692. The third kappa shape index (κ3) is 3.47. The molecule has 3 rings (SSSR count). The van der Waals surface area contributed by atoms with Crippen molar-refractivity contribution >= 4 is 17.4 Å². The van der Waals surface area contributed by atoms with Gasteiger partial charge in [0, 0.05) is 22.2 Å². The molecule has 0 saturated carbocycles. The van der Waals surface area contributed by atoms with Crippen LogP contribution in [0.5, 0.6) is 0 Å². The largest absolute Gasteiger partial charge is 0.378 e. The number of anilines is 1. The summed E-state index contributed by atoms with van der Waals surface area (Å²) >= 11 is 1.74. The first-order valence-electron chi connectivity index (χ1n) is 6.74. The van der Waals surface area contributed by atoms with Crippen molar-refractivity contribution in [2.45, 2.75) is 11.4 Å².